The lowest BCUT2D eigenvalue weighted by Gasteiger charge is -2.40. The largest absolute Gasteiger partial charge is 0.497 e. The lowest BCUT2D eigenvalue weighted by molar-refractivity contribution is -0.119. The summed E-state index contributed by atoms with van der Waals surface area (Å²) < 4.78 is 5.55. The van der Waals surface area contributed by atoms with Crippen molar-refractivity contribution in [2.45, 2.75) is 63.8 Å². The number of fused-ring (bicyclic) bond motifs is 2. The number of benzene rings is 2. The molecular formula is C28H36N2O2. The van der Waals surface area contributed by atoms with E-state index >= 15 is 0 Å². The third-order valence-electron chi connectivity index (χ3n) is 7.76. The van der Waals surface area contributed by atoms with Gasteiger partial charge in [0.2, 0.25) is 5.91 Å². The van der Waals surface area contributed by atoms with Crippen LogP contribution in [0.4, 0.5) is 5.69 Å². The fourth-order valence-corrected chi connectivity index (χ4v) is 5.46. The molecular weight excluding hydrogens is 396 g/mol. The highest BCUT2D eigenvalue weighted by molar-refractivity contribution is 5.99. The number of carbonyl (C=O) groups excluding carboxylic acids is 1. The number of likely N-dealkylation sites (tertiary alicyclic amines) is 1. The maximum Gasteiger partial charge on any atom is 0.230 e. The van der Waals surface area contributed by atoms with Crippen LogP contribution in [0.25, 0.3) is 0 Å². The average Bonchev–Trinajstić information content (AvgIpc) is 3.59. The number of hydrogen-bond donors (Lipinski definition) is 0. The van der Waals surface area contributed by atoms with Crippen LogP contribution in [0, 0.1) is 5.92 Å². The zero-order chi connectivity index (χ0) is 22.5. The molecule has 2 aromatic rings. The van der Waals surface area contributed by atoms with E-state index in [1.807, 2.05) is 6.07 Å². The molecule has 170 valence electrons. The predicted octanol–water partition coefficient (Wildman–Crippen LogP) is 5.28. The number of hydrogen-bond acceptors (Lipinski definition) is 3. The van der Waals surface area contributed by atoms with E-state index in [2.05, 4.69) is 67.0 Å². The number of ether oxygens (including phenoxy) is 1. The molecule has 2 aliphatic heterocycles. The Kier molecular flexibility index (Phi) is 5.32. The van der Waals surface area contributed by atoms with E-state index in [9.17, 15) is 4.79 Å². The molecule has 1 aliphatic carbocycles. The first-order valence-electron chi connectivity index (χ1n) is 12.1. The zero-order valence-corrected chi connectivity index (χ0v) is 20.0. The van der Waals surface area contributed by atoms with Gasteiger partial charge < -0.3 is 9.64 Å². The molecule has 0 N–H and O–H groups in total. The van der Waals surface area contributed by atoms with Gasteiger partial charge in [-0.1, -0.05) is 45.0 Å². The van der Waals surface area contributed by atoms with E-state index in [0.29, 0.717) is 5.91 Å². The van der Waals surface area contributed by atoms with Crippen LogP contribution in [0.5, 0.6) is 5.75 Å². The first-order chi connectivity index (χ1) is 15.3. The second-order valence-corrected chi connectivity index (χ2v) is 11.1. The molecule has 4 nitrogen and oxygen atoms in total. The molecule has 3 aliphatic rings. The Labute approximate surface area is 192 Å². The SMILES string of the molecule is COc1ccc2c(c1)C1(CCN(Cc3ccc(C(C)(C)C)cc3)CC1)CN2C(=O)C1CC1. The molecule has 32 heavy (non-hydrogen) atoms. The molecule has 0 unspecified atom stereocenters. The van der Waals surface area contributed by atoms with Crippen LogP contribution in [-0.2, 0) is 22.2 Å². The van der Waals surface area contributed by atoms with Gasteiger partial charge in [0.25, 0.3) is 0 Å². The number of amides is 1. The maximum atomic E-state index is 13.0. The van der Waals surface area contributed by atoms with Crippen molar-refractivity contribution in [1.82, 2.24) is 4.90 Å². The maximum absolute atomic E-state index is 13.0. The summed E-state index contributed by atoms with van der Waals surface area (Å²) >= 11 is 0. The van der Waals surface area contributed by atoms with Gasteiger partial charge in [0.05, 0.1) is 7.11 Å². The Balaban J connectivity index is 1.31. The smallest absolute Gasteiger partial charge is 0.230 e. The standard InChI is InChI=1S/C28H36N2O2/c1-27(2,3)22-9-5-20(6-10-22)18-29-15-13-28(14-16-29)19-30(26(31)21-7-8-21)25-12-11-23(32-4)17-24(25)28/h5-6,9-12,17,21H,7-8,13-16,18-19H2,1-4H3. The molecule has 2 heterocycles. The van der Waals surface area contributed by atoms with Gasteiger partial charge in [0.1, 0.15) is 5.75 Å². The predicted molar refractivity (Wildman–Crippen MR) is 129 cm³/mol. The summed E-state index contributed by atoms with van der Waals surface area (Å²) in [5.41, 5.74) is 5.45. The second kappa shape index (κ2) is 7.91. The lowest BCUT2D eigenvalue weighted by Crippen LogP contribution is -2.46. The quantitative estimate of drug-likeness (QED) is 0.659. The summed E-state index contributed by atoms with van der Waals surface area (Å²) in [5.74, 6) is 1.47. The molecule has 1 spiro atoms. The van der Waals surface area contributed by atoms with E-state index in [1.165, 1.54) is 16.7 Å². The molecule has 1 saturated carbocycles. The van der Waals surface area contributed by atoms with Crippen molar-refractivity contribution >= 4 is 11.6 Å². The summed E-state index contributed by atoms with van der Waals surface area (Å²) in [4.78, 5) is 17.7. The zero-order valence-electron chi connectivity index (χ0n) is 20.0. The van der Waals surface area contributed by atoms with Gasteiger partial charge in [0.15, 0.2) is 0 Å². The first kappa shape index (κ1) is 21.5. The molecule has 0 aromatic heterocycles. The number of anilines is 1. The fraction of sp³-hybridized carbons (Fsp3) is 0.536. The minimum atomic E-state index is 0.0566. The third-order valence-corrected chi connectivity index (χ3v) is 7.76. The summed E-state index contributed by atoms with van der Waals surface area (Å²) in [6.45, 7) is 10.7. The second-order valence-electron chi connectivity index (χ2n) is 11.1. The van der Waals surface area contributed by atoms with E-state index in [4.69, 9.17) is 4.74 Å². The van der Waals surface area contributed by atoms with Crippen LogP contribution in [0.2, 0.25) is 0 Å². The van der Waals surface area contributed by atoms with Crippen molar-refractivity contribution in [3.8, 4) is 5.75 Å². The van der Waals surface area contributed by atoms with Gasteiger partial charge in [-0.25, -0.2) is 0 Å². The molecule has 2 fully saturated rings. The molecule has 0 bridgehead atoms. The van der Waals surface area contributed by atoms with Crippen LogP contribution in [0.15, 0.2) is 42.5 Å². The van der Waals surface area contributed by atoms with Crippen molar-refractivity contribution < 1.29 is 9.53 Å². The minimum Gasteiger partial charge on any atom is -0.497 e. The Morgan fingerprint density at radius 3 is 2.34 bits per heavy atom. The first-order valence-corrected chi connectivity index (χ1v) is 12.1. The Morgan fingerprint density at radius 2 is 1.75 bits per heavy atom. The molecule has 2 aromatic carbocycles. The van der Waals surface area contributed by atoms with Crippen LogP contribution < -0.4 is 9.64 Å². The topological polar surface area (TPSA) is 32.8 Å². The van der Waals surface area contributed by atoms with Gasteiger partial charge in [-0.3, -0.25) is 9.69 Å². The molecule has 0 radical (unpaired) electrons. The molecule has 0 atom stereocenters. The molecule has 4 heteroatoms. The summed E-state index contributed by atoms with van der Waals surface area (Å²) in [7, 11) is 1.73. The summed E-state index contributed by atoms with van der Waals surface area (Å²) in [5, 5.41) is 0. The van der Waals surface area contributed by atoms with E-state index in [-0.39, 0.29) is 16.7 Å². The van der Waals surface area contributed by atoms with Crippen molar-refractivity contribution in [2.75, 3.05) is 31.6 Å². The molecule has 5 rings (SSSR count). The monoisotopic (exact) mass is 432 g/mol. The Bertz CT molecular complexity index is 993. The summed E-state index contributed by atoms with van der Waals surface area (Å²) in [6.07, 6.45) is 4.27. The van der Waals surface area contributed by atoms with Crippen LogP contribution in [-0.4, -0.2) is 37.6 Å². The van der Waals surface area contributed by atoms with E-state index < -0.39 is 0 Å². The third kappa shape index (κ3) is 3.94. The number of rotatable bonds is 4. The Hall–Kier alpha value is -2.33. The van der Waals surface area contributed by atoms with E-state index in [0.717, 1.165) is 63.3 Å². The molecule has 1 amide bonds. The highest BCUT2D eigenvalue weighted by Gasteiger charge is 2.48. The number of methoxy groups -OCH3 is 1. The van der Waals surface area contributed by atoms with Crippen LogP contribution >= 0.6 is 0 Å². The lowest BCUT2D eigenvalue weighted by atomic mass is 9.74. The van der Waals surface area contributed by atoms with E-state index in [1.54, 1.807) is 7.11 Å². The Morgan fingerprint density at radius 1 is 1.06 bits per heavy atom. The minimum absolute atomic E-state index is 0.0566. The van der Waals surface area contributed by atoms with Gasteiger partial charge in [-0.2, -0.15) is 0 Å². The molecule has 1 saturated heterocycles. The highest BCUT2D eigenvalue weighted by atomic mass is 16.5. The highest BCUT2D eigenvalue weighted by Crippen LogP contribution is 2.50. The normalized spacial score (nSPS) is 20.4. The summed E-state index contributed by atoms with van der Waals surface area (Å²) in [6, 6.07) is 15.4. The average molecular weight is 433 g/mol. The number of carbonyl (C=O) groups is 1. The van der Waals surface area contributed by atoms with Crippen LogP contribution in [0.1, 0.15) is 63.1 Å². The van der Waals surface area contributed by atoms with Crippen molar-refractivity contribution in [2.24, 2.45) is 5.92 Å². The fourth-order valence-electron chi connectivity index (χ4n) is 5.46. The van der Waals surface area contributed by atoms with Gasteiger partial charge in [-0.15, -0.1) is 0 Å². The number of nitrogens with zero attached hydrogens (tertiary/aromatic N) is 2. The van der Waals surface area contributed by atoms with Crippen molar-refractivity contribution in [3.05, 3.63) is 59.2 Å². The van der Waals surface area contributed by atoms with Gasteiger partial charge in [-0.05, 0) is 79.1 Å². The van der Waals surface area contributed by atoms with Crippen LogP contribution in [0.3, 0.4) is 0 Å². The van der Waals surface area contributed by atoms with Gasteiger partial charge >= 0.3 is 0 Å². The van der Waals surface area contributed by atoms with Crippen molar-refractivity contribution in [1.29, 1.82) is 0 Å². The number of piperidine rings is 1. The van der Waals surface area contributed by atoms with Gasteiger partial charge in [0, 0.05) is 30.1 Å². The van der Waals surface area contributed by atoms with Crippen molar-refractivity contribution in [3.63, 3.8) is 0 Å².